The van der Waals surface area contributed by atoms with Crippen LogP contribution in [-0.2, 0) is 9.53 Å². The summed E-state index contributed by atoms with van der Waals surface area (Å²) < 4.78 is 5.67. The van der Waals surface area contributed by atoms with E-state index in [4.69, 9.17) is 10.5 Å². The fraction of sp³-hybridized carbons (Fsp3) is 0.923. The average Bonchev–Trinajstić information content (AvgIpc) is 2.20. The van der Waals surface area contributed by atoms with Gasteiger partial charge in [-0.1, -0.05) is 13.8 Å². The molecule has 0 saturated heterocycles. The van der Waals surface area contributed by atoms with Crippen molar-refractivity contribution >= 4 is 5.91 Å². The molecule has 1 fully saturated rings. The fourth-order valence-electron chi connectivity index (χ4n) is 2.60. The van der Waals surface area contributed by atoms with Crippen molar-refractivity contribution < 1.29 is 9.53 Å². The lowest BCUT2D eigenvalue weighted by Gasteiger charge is -2.55. The van der Waals surface area contributed by atoms with E-state index in [2.05, 4.69) is 13.8 Å². The molecule has 2 atom stereocenters. The lowest BCUT2D eigenvalue weighted by molar-refractivity contribution is -0.166. The van der Waals surface area contributed by atoms with Crippen LogP contribution in [0.3, 0.4) is 0 Å². The van der Waals surface area contributed by atoms with Crippen molar-refractivity contribution in [2.24, 2.45) is 11.1 Å². The number of carbonyl (C=O) groups is 1. The lowest BCUT2D eigenvalue weighted by Crippen LogP contribution is -2.65. The highest BCUT2D eigenvalue weighted by Crippen LogP contribution is 2.45. The molecule has 2 unspecified atom stereocenters. The topological polar surface area (TPSA) is 55.6 Å². The first kappa shape index (κ1) is 14.5. The zero-order chi connectivity index (χ0) is 13.4. The minimum absolute atomic E-state index is 0.00562. The first-order chi connectivity index (χ1) is 7.62. The molecule has 0 heterocycles. The number of likely N-dealkylation sites (N-methyl/N-ethyl adjacent to an activating group) is 1. The predicted molar refractivity (Wildman–Crippen MR) is 68.6 cm³/mol. The van der Waals surface area contributed by atoms with E-state index >= 15 is 0 Å². The minimum Gasteiger partial charge on any atom is -0.378 e. The molecule has 1 amide bonds. The van der Waals surface area contributed by atoms with Crippen LogP contribution in [0.4, 0.5) is 0 Å². The smallest absolute Gasteiger partial charge is 0.242 e. The van der Waals surface area contributed by atoms with E-state index in [1.807, 2.05) is 14.0 Å². The molecule has 0 aromatic carbocycles. The van der Waals surface area contributed by atoms with Gasteiger partial charge in [-0.25, -0.2) is 0 Å². The number of hydrogen-bond acceptors (Lipinski definition) is 3. The van der Waals surface area contributed by atoms with Gasteiger partial charge in [0.15, 0.2) is 0 Å². The van der Waals surface area contributed by atoms with Gasteiger partial charge in [0.2, 0.25) is 5.91 Å². The second kappa shape index (κ2) is 4.58. The number of nitrogens with zero attached hydrogens (tertiary/aromatic N) is 1. The van der Waals surface area contributed by atoms with Crippen LogP contribution in [-0.4, -0.2) is 42.1 Å². The highest BCUT2D eigenvalue weighted by molar-refractivity contribution is 5.85. The van der Waals surface area contributed by atoms with Crippen molar-refractivity contribution in [3.8, 4) is 0 Å². The molecule has 17 heavy (non-hydrogen) atoms. The van der Waals surface area contributed by atoms with Crippen LogP contribution >= 0.6 is 0 Å². The van der Waals surface area contributed by atoms with E-state index in [9.17, 15) is 4.79 Å². The summed E-state index contributed by atoms with van der Waals surface area (Å²) in [6, 6.07) is 0.217. The maximum absolute atomic E-state index is 12.1. The molecule has 1 rings (SSSR count). The molecule has 1 aliphatic carbocycles. The zero-order valence-corrected chi connectivity index (χ0v) is 11.9. The van der Waals surface area contributed by atoms with Crippen molar-refractivity contribution in [2.75, 3.05) is 13.7 Å². The summed E-state index contributed by atoms with van der Waals surface area (Å²) in [5, 5.41) is 0. The van der Waals surface area contributed by atoms with E-state index in [-0.39, 0.29) is 23.5 Å². The van der Waals surface area contributed by atoms with Gasteiger partial charge in [0, 0.05) is 25.1 Å². The Kier molecular flexibility index (Phi) is 3.89. The van der Waals surface area contributed by atoms with Gasteiger partial charge in [-0.15, -0.1) is 0 Å². The van der Waals surface area contributed by atoms with E-state index in [0.29, 0.717) is 0 Å². The Morgan fingerprint density at radius 1 is 1.53 bits per heavy atom. The van der Waals surface area contributed by atoms with Crippen molar-refractivity contribution in [3.05, 3.63) is 0 Å². The van der Waals surface area contributed by atoms with Gasteiger partial charge in [0.25, 0.3) is 0 Å². The fourth-order valence-corrected chi connectivity index (χ4v) is 2.60. The maximum Gasteiger partial charge on any atom is 0.242 e. The molecule has 0 radical (unpaired) electrons. The standard InChI is InChI=1S/C13H26N2O2/c1-7-17-10-8-9(12(10,2)3)15(6)11(16)13(4,5)14/h9-10H,7-8,14H2,1-6H3. The number of carbonyl (C=O) groups excluding carboxylic acids is 1. The van der Waals surface area contributed by atoms with Crippen LogP contribution in [0.2, 0.25) is 0 Å². The number of rotatable bonds is 4. The maximum atomic E-state index is 12.1. The monoisotopic (exact) mass is 242 g/mol. The SMILES string of the molecule is CCOC1CC(N(C)C(=O)C(C)(C)N)C1(C)C. The third-order valence-corrected chi connectivity index (χ3v) is 3.83. The largest absolute Gasteiger partial charge is 0.378 e. The van der Waals surface area contributed by atoms with Crippen LogP contribution in [0.15, 0.2) is 0 Å². The highest BCUT2D eigenvalue weighted by Gasteiger charge is 2.52. The summed E-state index contributed by atoms with van der Waals surface area (Å²) in [7, 11) is 1.84. The first-order valence-electron chi connectivity index (χ1n) is 6.30. The lowest BCUT2D eigenvalue weighted by atomic mass is 9.63. The number of amides is 1. The van der Waals surface area contributed by atoms with E-state index in [0.717, 1.165) is 13.0 Å². The number of ether oxygens (including phenoxy) is 1. The first-order valence-corrected chi connectivity index (χ1v) is 6.30. The summed E-state index contributed by atoms with van der Waals surface area (Å²) in [4.78, 5) is 13.9. The Balaban J connectivity index is 2.68. The van der Waals surface area contributed by atoms with Crippen molar-refractivity contribution in [3.63, 3.8) is 0 Å². The van der Waals surface area contributed by atoms with Gasteiger partial charge in [-0.3, -0.25) is 4.79 Å². The summed E-state index contributed by atoms with van der Waals surface area (Å²) in [5.41, 5.74) is 5.06. The molecule has 1 saturated carbocycles. The average molecular weight is 242 g/mol. The van der Waals surface area contributed by atoms with Gasteiger partial charge in [0.05, 0.1) is 11.6 Å². The van der Waals surface area contributed by atoms with Crippen LogP contribution in [0.25, 0.3) is 0 Å². The molecule has 4 nitrogen and oxygen atoms in total. The molecule has 0 aliphatic heterocycles. The van der Waals surface area contributed by atoms with Crippen molar-refractivity contribution in [1.29, 1.82) is 0 Å². The van der Waals surface area contributed by atoms with Gasteiger partial charge >= 0.3 is 0 Å². The molecule has 2 N–H and O–H groups in total. The second-order valence-corrected chi connectivity index (χ2v) is 6.15. The van der Waals surface area contributed by atoms with Crippen LogP contribution < -0.4 is 5.73 Å². The Hall–Kier alpha value is -0.610. The molecule has 0 spiro atoms. The molecular formula is C13H26N2O2. The zero-order valence-electron chi connectivity index (χ0n) is 11.9. The number of nitrogens with two attached hydrogens (primary N) is 1. The molecule has 1 aliphatic rings. The Morgan fingerprint density at radius 3 is 2.41 bits per heavy atom. The van der Waals surface area contributed by atoms with Gasteiger partial charge in [-0.2, -0.15) is 0 Å². The third-order valence-electron chi connectivity index (χ3n) is 3.83. The third kappa shape index (κ3) is 2.63. The van der Waals surface area contributed by atoms with Gasteiger partial charge < -0.3 is 15.4 Å². The molecule has 0 aromatic heterocycles. The van der Waals surface area contributed by atoms with E-state index in [1.54, 1.807) is 18.7 Å². The molecule has 4 heteroatoms. The van der Waals surface area contributed by atoms with Crippen LogP contribution in [0.5, 0.6) is 0 Å². The summed E-state index contributed by atoms with van der Waals surface area (Å²) in [6.45, 7) is 10.5. The normalized spacial score (nSPS) is 27.5. The molecule has 0 aromatic rings. The summed E-state index contributed by atoms with van der Waals surface area (Å²) in [6.07, 6.45) is 1.15. The Morgan fingerprint density at radius 2 is 2.06 bits per heavy atom. The highest BCUT2D eigenvalue weighted by atomic mass is 16.5. The van der Waals surface area contributed by atoms with Crippen molar-refractivity contribution in [1.82, 2.24) is 4.90 Å². The Labute approximate surface area is 104 Å². The van der Waals surface area contributed by atoms with Crippen molar-refractivity contribution in [2.45, 2.75) is 58.7 Å². The molecular weight excluding hydrogens is 216 g/mol. The van der Waals surface area contributed by atoms with E-state index in [1.165, 1.54) is 0 Å². The minimum atomic E-state index is -0.804. The van der Waals surface area contributed by atoms with Gasteiger partial charge in [-0.05, 0) is 27.2 Å². The van der Waals surface area contributed by atoms with Crippen LogP contribution in [0.1, 0.15) is 41.0 Å². The van der Waals surface area contributed by atoms with E-state index < -0.39 is 5.54 Å². The number of hydrogen-bond donors (Lipinski definition) is 1. The quantitative estimate of drug-likeness (QED) is 0.810. The summed E-state index contributed by atoms with van der Waals surface area (Å²) >= 11 is 0. The Bertz CT molecular complexity index is 294. The van der Waals surface area contributed by atoms with Gasteiger partial charge in [0.1, 0.15) is 0 Å². The second-order valence-electron chi connectivity index (χ2n) is 6.15. The molecule has 0 bridgehead atoms. The predicted octanol–water partition coefficient (Wildman–Crippen LogP) is 1.39. The van der Waals surface area contributed by atoms with Crippen LogP contribution in [0, 0.1) is 5.41 Å². The molecule has 100 valence electrons. The summed E-state index contributed by atoms with van der Waals surface area (Å²) in [5.74, 6) is -0.00877.